The number of amides is 2. The minimum absolute atomic E-state index is 0.207. The van der Waals surface area contributed by atoms with E-state index in [0.29, 0.717) is 13.2 Å². The summed E-state index contributed by atoms with van der Waals surface area (Å²) in [6, 6.07) is 13.6. The number of carbonyl (C=O) groups is 1. The number of benzene rings is 2. The fourth-order valence-electron chi connectivity index (χ4n) is 2.25. The molecule has 0 saturated carbocycles. The molecule has 4 heteroatoms. The molecule has 2 amide bonds. The fourth-order valence-corrected chi connectivity index (χ4v) is 2.25. The third-order valence-electron chi connectivity index (χ3n) is 3.71. The van der Waals surface area contributed by atoms with Crippen LogP contribution in [-0.2, 0) is 17.9 Å². The van der Waals surface area contributed by atoms with E-state index in [0.717, 1.165) is 27.9 Å². The highest BCUT2D eigenvalue weighted by molar-refractivity contribution is 5.90. The van der Waals surface area contributed by atoms with Crippen LogP contribution in [0.1, 0.15) is 22.3 Å². The zero-order valence-electron chi connectivity index (χ0n) is 13.3. The number of rotatable bonds is 5. The zero-order chi connectivity index (χ0) is 15.9. The first-order valence-corrected chi connectivity index (χ1v) is 7.28. The first kappa shape index (κ1) is 16.0. The lowest BCUT2D eigenvalue weighted by Crippen LogP contribution is -2.29. The number of nitrogens with one attached hydrogen (secondary N) is 2. The first-order chi connectivity index (χ1) is 10.6. The smallest absolute Gasteiger partial charge is 0.319 e. The number of anilines is 1. The van der Waals surface area contributed by atoms with Gasteiger partial charge >= 0.3 is 6.03 Å². The van der Waals surface area contributed by atoms with Gasteiger partial charge in [0.2, 0.25) is 0 Å². The number of urea groups is 1. The lowest BCUT2D eigenvalue weighted by Gasteiger charge is -2.13. The lowest BCUT2D eigenvalue weighted by molar-refractivity contribution is 0.184. The second-order valence-corrected chi connectivity index (χ2v) is 5.26. The molecular weight excluding hydrogens is 276 g/mol. The summed E-state index contributed by atoms with van der Waals surface area (Å²) >= 11 is 0. The Bertz CT molecular complexity index is 653. The molecule has 0 radical (unpaired) electrons. The van der Waals surface area contributed by atoms with Crippen molar-refractivity contribution in [1.29, 1.82) is 0 Å². The van der Waals surface area contributed by atoms with E-state index in [-0.39, 0.29) is 6.03 Å². The Balaban J connectivity index is 1.97. The third-order valence-corrected chi connectivity index (χ3v) is 3.71. The number of methoxy groups -OCH3 is 1. The molecule has 116 valence electrons. The van der Waals surface area contributed by atoms with Gasteiger partial charge in [-0.1, -0.05) is 36.4 Å². The third kappa shape index (κ3) is 4.09. The predicted molar refractivity (Wildman–Crippen MR) is 88.9 cm³/mol. The second-order valence-electron chi connectivity index (χ2n) is 5.26. The van der Waals surface area contributed by atoms with Crippen LogP contribution in [0, 0.1) is 13.8 Å². The van der Waals surface area contributed by atoms with E-state index in [9.17, 15) is 4.79 Å². The molecule has 0 unspecified atom stereocenters. The SMILES string of the molecule is COCc1ccccc1CNC(=O)Nc1cccc(C)c1C. The summed E-state index contributed by atoms with van der Waals surface area (Å²) < 4.78 is 5.17. The van der Waals surface area contributed by atoms with Gasteiger partial charge in [-0.25, -0.2) is 4.79 Å². The van der Waals surface area contributed by atoms with Crippen molar-refractivity contribution in [2.24, 2.45) is 0 Å². The molecule has 0 bridgehead atoms. The van der Waals surface area contributed by atoms with Crippen LogP contribution >= 0.6 is 0 Å². The minimum atomic E-state index is -0.207. The molecule has 2 aromatic carbocycles. The highest BCUT2D eigenvalue weighted by atomic mass is 16.5. The molecule has 0 fully saturated rings. The molecule has 0 aliphatic carbocycles. The Morgan fingerprint density at radius 3 is 2.50 bits per heavy atom. The Labute approximate surface area is 131 Å². The molecule has 22 heavy (non-hydrogen) atoms. The van der Waals surface area contributed by atoms with Crippen LogP contribution in [0.2, 0.25) is 0 Å². The monoisotopic (exact) mass is 298 g/mol. The van der Waals surface area contributed by atoms with Gasteiger partial charge < -0.3 is 15.4 Å². The lowest BCUT2D eigenvalue weighted by atomic mass is 10.1. The number of aryl methyl sites for hydroxylation is 1. The molecule has 0 heterocycles. The van der Waals surface area contributed by atoms with Crippen LogP contribution in [0.25, 0.3) is 0 Å². The summed E-state index contributed by atoms with van der Waals surface area (Å²) in [4.78, 5) is 12.1. The van der Waals surface area contributed by atoms with Gasteiger partial charge in [0.25, 0.3) is 0 Å². The van der Waals surface area contributed by atoms with E-state index in [1.165, 1.54) is 0 Å². The minimum Gasteiger partial charge on any atom is -0.380 e. The van der Waals surface area contributed by atoms with Crippen molar-refractivity contribution >= 4 is 11.7 Å². The largest absolute Gasteiger partial charge is 0.380 e. The molecule has 2 N–H and O–H groups in total. The summed E-state index contributed by atoms with van der Waals surface area (Å²) in [6.45, 7) is 5.03. The normalized spacial score (nSPS) is 10.3. The average Bonchev–Trinajstić information content (AvgIpc) is 2.51. The summed E-state index contributed by atoms with van der Waals surface area (Å²) in [7, 11) is 1.66. The van der Waals surface area contributed by atoms with Crippen molar-refractivity contribution in [1.82, 2.24) is 5.32 Å². The number of hydrogen-bond acceptors (Lipinski definition) is 2. The van der Waals surface area contributed by atoms with E-state index < -0.39 is 0 Å². The Morgan fingerprint density at radius 1 is 1.05 bits per heavy atom. The molecule has 0 aliphatic heterocycles. The highest BCUT2D eigenvalue weighted by Gasteiger charge is 2.07. The van der Waals surface area contributed by atoms with Crippen LogP contribution in [0.15, 0.2) is 42.5 Å². The summed E-state index contributed by atoms with van der Waals surface area (Å²) in [5.41, 5.74) is 5.21. The predicted octanol–water partition coefficient (Wildman–Crippen LogP) is 3.77. The van der Waals surface area contributed by atoms with Gasteiger partial charge in [-0.2, -0.15) is 0 Å². The van der Waals surface area contributed by atoms with E-state index in [1.807, 2.05) is 56.3 Å². The summed E-state index contributed by atoms with van der Waals surface area (Å²) in [5.74, 6) is 0. The second kappa shape index (κ2) is 7.61. The fraction of sp³-hybridized carbons (Fsp3) is 0.278. The maximum atomic E-state index is 12.1. The van der Waals surface area contributed by atoms with Crippen molar-refractivity contribution in [3.63, 3.8) is 0 Å². The maximum Gasteiger partial charge on any atom is 0.319 e. The van der Waals surface area contributed by atoms with Gasteiger partial charge in [-0.05, 0) is 42.2 Å². The molecular formula is C18H22N2O2. The average molecular weight is 298 g/mol. The molecule has 0 atom stereocenters. The molecule has 0 aromatic heterocycles. The number of ether oxygens (including phenoxy) is 1. The van der Waals surface area contributed by atoms with E-state index in [4.69, 9.17) is 4.74 Å². The number of hydrogen-bond donors (Lipinski definition) is 2. The molecule has 2 aromatic rings. The molecule has 4 nitrogen and oxygen atoms in total. The summed E-state index contributed by atoms with van der Waals surface area (Å²) in [6.07, 6.45) is 0. The van der Waals surface area contributed by atoms with Crippen LogP contribution < -0.4 is 10.6 Å². The van der Waals surface area contributed by atoms with Crippen molar-refractivity contribution in [3.05, 3.63) is 64.7 Å². The Hall–Kier alpha value is -2.33. The van der Waals surface area contributed by atoms with E-state index in [2.05, 4.69) is 10.6 Å². The number of carbonyl (C=O) groups excluding carboxylic acids is 1. The van der Waals surface area contributed by atoms with E-state index in [1.54, 1.807) is 7.11 Å². The van der Waals surface area contributed by atoms with Crippen molar-refractivity contribution in [2.75, 3.05) is 12.4 Å². The highest BCUT2D eigenvalue weighted by Crippen LogP contribution is 2.17. The van der Waals surface area contributed by atoms with Gasteiger partial charge in [0.05, 0.1) is 6.61 Å². The zero-order valence-corrected chi connectivity index (χ0v) is 13.3. The van der Waals surface area contributed by atoms with Crippen LogP contribution in [0.4, 0.5) is 10.5 Å². The van der Waals surface area contributed by atoms with Gasteiger partial charge in [0.1, 0.15) is 0 Å². The first-order valence-electron chi connectivity index (χ1n) is 7.28. The molecule has 2 rings (SSSR count). The van der Waals surface area contributed by atoms with Gasteiger partial charge in [-0.15, -0.1) is 0 Å². The van der Waals surface area contributed by atoms with Crippen LogP contribution in [0.5, 0.6) is 0 Å². The van der Waals surface area contributed by atoms with Crippen molar-refractivity contribution in [3.8, 4) is 0 Å². The Kier molecular flexibility index (Phi) is 5.55. The topological polar surface area (TPSA) is 50.4 Å². The standard InChI is InChI=1S/C18H22N2O2/c1-13-7-6-10-17(14(13)2)20-18(21)19-11-15-8-4-5-9-16(15)12-22-3/h4-10H,11-12H2,1-3H3,(H2,19,20,21). The Morgan fingerprint density at radius 2 is 1.77 bits per heavy atom. The van der Waals surface area contributed by atoms with Gasteiger partial charge in [0.15, 0.2) is 0 Å². The van der Waals surface area contributed by atoms with Crippen molar-refractivity contribution in [2.45, 2.75) is 27.0 Å². The van der Waals surface area contributed by atoms with Crippen LogP contribution in [0.3, 0.4) is 0 Å². The van der Waals surface area contributed by atoms with Gasteiger partial charge in [-0.3, -0.25) is 0 Å². The molecule has 0 aliphatic rings. The van der Waals surface area contributed by atoms with E-state index >= 15 is 0 Å². The van der Waals surface area contributed by atoms with Gasteiger partial charge in [0, 0.05) is 19.3 Å². The molecule has 0 spiro atoms. The van der Waals surface area contributed by atoms with Crippen molar-refractivity contribution < 1.29 is 9.53 Å². The van der Waals surface area contributed by atoms with Crippen LogP contribution in [-0.4, -0.2) is 13.1 Å². The summed E-state index contributed by atoms with van der Waals surface area (Å²) in [5, 5.41) is 5.78. The molecule has 0 saturated heterocycles. The quantitative estimate of drug-likeness (QED) is 0.882. The maximum absolute atomic E-state index is 12.1.